The van der Waals surface area contributed by atoms with Crippen LogP contribution in [0.25, 0.3) is 11.1 Å². The second-order valence-electron chi connectivity index (χ2n) is 6.77. The highest BCUT2D eigenvalue weighted by molar-refractivity contribution is 5.68. The number of carboxylic acids is 1. The van der Waals surface area contributed by atoms with Gasteiger partial charge >= 0.3 is 5.97 Å². The maximum absolute atomic E-state index is 14.2. The topological polar surface area (TPSA) is 58.6 Å². The monoisotopic (exact) mass is 397 g/mol. The van der Waals surface area contributed by atoms with Gasteiger partial charge < -0.3 is 15.2 Å². The molecule has 0 amide bonds. The highest BCUT2D eigenvalue weighted by atomic mass is 19.1. The summed E-state index contributed by atoms with van der Waals surface area (Å²) >= 11 is 0. The molecule has 0 fully saturated rings. The number of ether oxygens (including phenoxy) is 1. The van der Waals surface area contributed by atoms with Gasteiger partial charge in [0.05, 0.1) is 5.69 Å². The maximum atomic E-state index is 14.2. The van der Waals surface area contributed by atoms with Crippen LogP contribution in [0.4, 0.5) is 14.5 Å². The summed E-state index contributed by atoms with van der Waals surface area (Å²) in [5.41, 5.74) is 4.90. The Labute approximate surface area is 167 Å². The summed E-state index contributed by atoms with van der Waals surface area (Å²) in [6.45, 7) is 3.79. The molecule has 2 N–H and O–H groups in total. The van der Waals surface area contributed by atoms with Crippen molar-refractivity contribution in [1.29, 1.82) is 0 Å². The fraction of sp³-hybridized carbons (Fsp3) is 0.174. The first kappa shape index (κ1) is 20.3. The van der Waals surface area contributed by atoms with E-state index in [0.29, 0.717) is 6.54 Å². The summed E-state index contributed by atoms with van der Waals surface area (Å²) in [5, 5.41) is 11.7. The smallest absolute Gasteiger partial charge is 0.341 e. The second-order valence-corrected chi connectivity index (χ2v) is 6.77. The Kier molecular flexibility index (Phi) is 6.12. The van der Waals surface area contributed by atoms with Gasteiger partial charge in [0.25, 0.3) is 0 Å². The lowest BCUT2D eigenvalue weighted by atomic mass is 9.95. The molecule has 0 radical (unpaired) electrons. The van der Waals surface area contributed by atoms with E-state index < -0.39 is 18.4 Å². The number of aryl methyl sites for hydroxylation is 1. The van der Waals surface area contributed by atoms with Gasteiger partial charge in [-0.1, -0.05) is 18.2 Å². The van der Waals surface area contributed by atoms with Gasteiger partial charge in [-0.05, 0) is 72.0 Å². The lowest BCUT2D eigenvalue weighted by molar-refractivity contribution is -0.139. The van der Waals surface area contributed by atoms with Crippen molar-refractivity contribution in [3.63, 3.8) is 0 Å². The zero-order valence-corrected chi connectivity index (χ0v) is 16.1. The number of halogens is 2. The molecular weight excluding hydrogens is 376 g/mol. The molecule has 0 aliphatic carbocycles. The van der Waals surface area contributed by atoms with Gasteiger partial charge in [-0.25, -0.2) is 13.6 Å². The first-order valence-electron chi connectivity index (χ1n) is 9.07. The van der Waals surface area contributed by atoms with E-state index in [9.17, 15) is 13.6 Å². The summed E-state index contributed by atoms with van der Waals surface area (Å²) in [4.78, 5) is 10.6. The van der Waals surface area contributed by atoms with E-state index in [1.54, 1.807) is 6.07 Å². The molecule has 0 aliphatic heterocycles. The number of hydrogen-bond acceptors (Lipinski definition) is 3. The van der Waals surface area contributed by atoms with Crippen LogP contribution in [0.1, 0.15) is 16.7 Å². The molecular formula is C23H21F2NO3. The molecule has 0 aromatic heterocycles. The summed E-state index contributed by atoms with van der Waals surface area (Å²) in [6, 6.07) is 14.4. The molecule has 0 spiro atoms. The fourth-order valence-corrected chi connectivity index (χ4v) is 3.02. The fourth-order valence-electron chi connectivity index (χ4n) is 3.02. The van der Waals surface area contributed by atoms with Crippen LogP contribution in [0.2, 0.25) is 0 Å². The predicted octanol–water partition coefficient (Wildman–Crippen LogP) is 5.32. The van der Waals surface area contributed by atoms with E-state index in [0.717, 1.165) is 27.8 Å². The van der Waals surface area contributed by atoms with Crippen molar-refractivity contribution >= 4 is 11.7 Å². The largest absolute Gasteiger partial charge is 0.482 e. The number of carbonyl (C=O) groups is 1. The quantitative estimate of drug-likeness (QED) is 0.566. The Morgan fingerprint density at radius 3 is 2.55 bits per heavy atom. The van der Waals surface area contributed by atoms with Gasteiger partial charge in [0.2, 0.25) is 0 Å². The lowest BCUT2D eigenvalue weighted by Crippen LogP contribution is -2.10. The molecule has 3 rings (SSSR count). The van der Waals surface area contributed by atoms with Gasteiger partial charge in [-0.3, -0.25) is 0 Å². The van der Waals surface area contributed by atoms with Gasteiger partial charge in [0.15, 0.2) is 6.61 Å². The van der Waals surface area contributed by atoms with E-state index in [1.807, 2.05) is 32.0 Å². The second kappa shape index (κ2) is 8.73. The zero-order chi connectivity index (χ0) is 21.0. The molecule has 3 aromatic carbocycles. The van der Waals surface area contributed by atoms with Crippen LogP contribution >= 0.6 is 0 Å². The van der Waals surface area contributed by atoms with Crippen LogP contribution in [0.3, 0.4) is 0 Å². The third-order valence-corrected chi connectivity index (χ3v) is 4.70. The first-order valence-corrected chi connectivity index (χ1v) is 9.07. The number of aliphatic carboxylic acids is 1. The van der Waals surface area contributed by atoms with Crippen molar-refractivity contribution in [2.24, 2.45) is 0 Å². The SMILES string of the molecule is Cc1cc(-c2cccc(F)c2)cc(CNc2cc(OCC(=O)O)ccc2F)c1C. The summed E-state index contributed by atoms with van der Waals surface area (Å²) in [7, 11) is 0. The van der Waals surface area contributed by atoms with E-state index >= 15 is 0 Å². The molecule has 4 nitrogen and oxygen atoms in total. The Morgan fingerprint density at radius 1 is 1.03 bits per heavy atom. The Morgan fingerprint density at radius 2 is 1.83 bits per heavy atom. The maximum Gasteiger partial charge on any atom is 0.341 e. The first-order chi connectivity index (χ1) is 13.8. The highest BCUT2D eigenvalue weighted by Crippen LogP contribution is 2.27. The number of benzene rings is 3. The van der Waals surface area contributed by atoms with Crippen LogP contribution in [0.15, 0.2) is 54.6 Å². The van der Waals surface area contributed by atoms with Gasteiger partial charge in [0.1, 0.15) is 17.4 Å². The minimum Gasteiger partial charge on any atom is -0.482 e. The number of anilines is 1. The minimum atomic E-state index is -1.11. The van der Waals surface area contributed by atoms with Crippen LogP contribution in [0.5, 0.6) is 5.75 Å². The van der Waals surface area contributed by atoms with Gasteiger partial charge in [-0.2, -0.15) is 0 Å². The van der Waals surface area contributed by atoms with Crippen molar-refractivity contribution in [2.45, 2.75) is 20.4 Å². The third-order valence-electron chi connectivity index (χ3n) is 4.70. The molecule has 0 saturated heterocycles. The number of rotatable bonds is 7. The van der Waals surface area contributed by atoms with Crippen molar-refractivity contribution in [2.75, 3.05) is 11.9 Å². The molecule has 150 valence electrons. The van der Waals surface area contributed by atoms with Crippen molar-refractivity contribution < 1.29 is 23.4 Å². The Balaban J connectivity index is 1.83. The molecule has 0 aliphatic rings. The average molecular weight is 397 g/mol. The van der Waals surface area contributed by atoms with Crippen LogP contribution in [0, 0.1) is 25.5 Å². The highest BCUT2D eigenvalue weighted by Gasteiger charge is 2.10. The van der Waals surface area contributed by atoms with Gasteiger partial charge in [0, 0.05) is 12.6 Å². The van der Waals surface area contributed by atoms with Crippen molar-refractivity contribution in [1.82, 2.24) is 0 Å². The molecule has 0 unspecified atom stereocenters. The number of carboxylic acid groups (broad SMARTS) is 1. The Bertz CT molecular complexity index is 1050. The summed E-state index contributed by atoms with van der Waals surface area (Å²) in [6.07, 6.45) is 0. The molecule has 29 heavy (non-hydrogen) atoms. The zero-order valence-electron chi connectivity index (χ0n) is 16.1. The Hall–Kier alpha value is -3.41. The van der Waals surface area contributed by atoms with Crippen LogP contribution in [-0.2, 0) is 11.3 Å². The minimum absolute atomic E-state index is 0.209. The van der Waals surface area contributed by atoms with Crippen molar-refractivity contribution in [3.05, 3.63) is 82.9 Å². The molecule has 0 heterocycles. The summed E-state index contributed by atoms with van der Waals surface area (Å²) < 4.78 is 32.9. The number of nitrogens with one attached hydrogen (secondary N) is 1. The normalized spacial score (nSPS) is 10.6. The van der Waals surface area contributed by atoms with E-state index in [4.69, 9.17) is 9.84 Å². The van der Waals surface area contributed by atoms with E-state index in [-0.39, 0.29) is 17.3 Å². The standard InChI is InChI=1S/C23H21F2NO3/c1-14-8-17(16-4-3-5-19(24)10-16)9-18(15(14)2)12-26-22-11-20(6-7-21(22)25)29-13-23(27)28/h3-11,26H,12-13H2,1-2H3,(H,27,28). The van der Waals surface area contributed by atoms with E-state index in [1.165, 1.54) is 30.3 Å². The molecule has 3 aromatic rings. The molecule has 0 saturated carbocycles. The van der Waals surface area contributed by atoms with Crippen LogP contribution < -0.4 is 10.1 Å². The third kappa shape index (κ3) is 5.10. The molecule has 0 bridgehead atoms. The lowest BCUT2D eigenvalue weighted by Gasteiger charge is -2.15. The number of hydrogen-bond donors (Lipinski definition) is 2. The molecule has 6 heteroatoms. The molecule has 0 atom stereocenters. The predicted molar refractivity (Wildman–Crippen MR) is 108 cm³/mol. The average Bonchev–Trinajstić information content (AvgIpc) is 2.69. The van der Waals surface area contributed by atoms with Gasteiger partial charge in [-0.15, -0.1) is 0 Å². The summed E-state index contributed by atoms with van der Waals surface area (Å²) in [5.74, 6) is -1.62. The van der Waals surface area contributed by atoms with Crippen molar-refractivity contribution in [3.8, 4) is 16.9 Å². The van der Waals surface area contributed by atoms with E-state index in [2.05, 4.69) is 5.32 Å². The van der Waals surface area contributed by atoms with Crippen LogP contribution in [-0.4, -0.2) is 17.7 Å².